The number of thiophene rings is 1. The van der Waals surface area contributed by atoms with Crippen molar-refractivity contribution in [1.29, 1.82) is 0 Å². The molecule has 29 heavy (non-hydrogen) atoms. The summed E-state index contributed by atoms with van der Waals surface area (Å²) >= 11 is 1.47. The lowest BCUT2D eigenvalue weighted by atomic mass is 9.95. The Labute approximate surface area is 175 Å². The minimum Gasteiger partial charge on any atom is -0.357 e. The molecule has 1 saturated heterocycles. The predicted octanol–water partition coefficient (Wildman–Crippen LogP) is 2.88. The smallest absolute Gasteiger partial charge is 0.254 e. The molecule has 1 aromatic heterocycles. The number of halogens is 1. The van der Waals surface area contributed by atoms with Crippen LogP contribution in [0.2, 0.25) is 0 Å². The Kier molecular flexibility index (Phi) is 6.85. The molecule has 2 amide bonds. The molecule has 3 rings (SSSR count). The van der Waals surface area contributed by atoms with Crippen molar-refractivity contribution in [1.82, 2.24) is 10.6 Å². The van der Waals surface area contributed by atoms with Crippen molar-refractivity contribution in [2.24, 2.45) is 10.9 Å². The first-order valence-corrected chi connectivity index (χ1v) is 11.0. The number of nitrogens with zero attached hydrogens (tertiary/aromatic N) is 2. The van der Waals surface area contributed by atoms with Crippen molar-refractivity contribution in [3.8, 4) is 0 Å². The van der Waals surface area contributed by atoms with Crippen LogP contribution in [0, 0.1) is 12.8 Å². The quantitative estimate of drug-likeness (QED) is 0.742. The second kappa shape index (κ2) is 9.17. The van der Waals surface area contributed by atoms with Gasteiger partial charge in [0.25, 0.3) is 11.8 Å². The lowest BCUT2D eigenvalue weighted by molar-refractivity contribution is -0.120. The van der Waals surface area contributed by atoms with Crippen LogP contribution in [0.25, 0.3) is 0 Å². The zero-order valence-corrected chi connectivity index (χ0v) is 18.2. The molecule has 2 aliphatic heterocycles. The largest absolute Gasteiger partial charge is 0.357 e. The van der Waals surface area contributed by atoms with Crippen LogP contribution in [0.4, 0.5) is 9.39 Å². The van der Waals surface area contributed by atoms with Crippen LogP contribution in [0.1, 0.15) is 43.1 Å². The summed E-state index contributed by atoms with van der Waals surface area (Å²) in [6.07, 6.45) is 1.68. The van der Waals surface area contributed by atoms with Gasteiger partial charge >= 0.3 is 0 Å². The van der Waals surface area contributed by atoms with Crippen LogP contribution in [-0.4, -0.2) is 55.9 Å². The van der Waals surface area contributed by atoms with E-state index >= 15 is 0 Å². The number of dihydropyridines is 1. The van der Waals surface area contributed by atoms with Crippen molar-refractivity contribution >= 4 is 33.9 Å². The minimum atomic E-state index is -0.932. The average Bonchev–Trinajstić information content (AvgIpc) is 3.04. The topological polar surface area (TPSA) is 73.8 Å². The van der Waals surface area contributed by atoms with Crippen molar-refractivity contribution in [2.45, 2.75) is 46.3 Å². The number of alkyl halides is 1. The van der Waals surface area contributed by atoms with Gasteiger partial charge in [0.2, 0.25) is 0 Å². The molecule has 0 spiro atoms. The third-order valence-corrected chi connectivity index (χ3v) is 6.79. The molecule has 0 aromatic carbocycles. The van der Waals surface area contributed by atoms with Crippen LogP contribution < -0.4 is 15.5 Å². The van der Waals surface area contributed by atoms with E-state index in [0.29, 0.717) is 24.4 Å². The maximum absolute atomic E-state index is 14.5. The van der Waals surface area contributed by atoms with Crippen molar-refractivity contribution in [3.05, 3.63) is 28.2 Å². The van der Waals surface area contributed by atoms with E-state index in [-0.39, 0.29) is 24.4 Å². The zero-order valence-electron chi connectivity index (χ0n) is 17.4. The number of piperidine rings is 1. The van der Waals surface area contributed by atoms with E-state index in [4.69, 9.17) is 0 Å². The van der Waals surface area contributed by atoms with Gasteiger partial charge in [0.05, 0.1) is 22.5 Å². The number of rotatable bonds is 6. The monoisotopic (exact) mass is 420 g/mol. The van der Waals surface area contributed by atoms with Gasteiger partial charge in [0, 0.05) is 30.7 Å². The summed E-state index contributed by atoms with van der Waals surface area (Å²) in [7, 11) is 0. The van der Waals surface area contributed by atoms with E-state index in [1.165, 1.54) is 11.3 Å². The summed E-state index contributed by atoms with van der Waals surface area (Å²) in [5.41, 5.74) is 3.04. The third-order valence-electron chi connectivity index (χ3n) is 5.67. The van der Waals surface area contributed by atoms with Crippen LogP contribution in [-0.2, 0) is 4.79 Å². The highest BCUT2D eigenvalue weighted by molar-refractivity contribution is 7.14. The molecule has 8 heteroatoms. The first-order valence-electron chi connectivity index (χ1n) is 10.1. The summed E-state index contributed by atoms with van der Waals surface area (Å²) in [6.45, 7) is 9.66. The molecular formula is C21H29FN4O2S. The molecule has 0 saturated carbocycles. The molecule has 3 atom stereocenters. The van der Waals surface area contributed by atoms with Crippen LogP contribution in [0.5, 0.6) is 0 Å². The number of anilines is 1. The molecule has 6 nitrogen and oxygen atoms in total. The fraction of sp³-hybridized carbons (Fsp3) is 0.571. The van der Waals surface area contributed by atoms with Gasteiger partial charge in [0.15, 0.2) is 0 Å². The van der Waals surface area contributed by atoms with Gasteiger partial charge in [-0.15, -0.1) is 11.3 Å². The Morgan fingerprint density at radius 3 is 2.83 bits per heavy atom. The van der Waals surface area contributed by atoms with Gasteiger partial charge < -0.3 is 15.5 Å². The summed E-state index contributed by atoms with van der Waals surface area (Å²) in [4.78, 5) is 31.0. The first-order chi connectivity index (χ1) is 13.8. The fourth-order valence-corrected chi connectivity index (χ4v) is 5.25. The molecule has 0 bridgehead atoms. The number of nitrogens with one attached hydrogen (secondary N) is 2. The highest BCUT2D eigenvalue weighted by atomic mass is 32.1. The number of hydrogen-bond donors (Lipinski definition) is 2. The highest BCUT2D eigenvalue weighted by Gasteiger charge is 2.32. The number of allylic oxidation sites excluding steroid dienone is 1. The second-order valence-corrected chi connectivity index (χ2v) is 8.54. The summed E-state index contributed by atoms with van der Waals surface area (Å²) in [5, 5.41) is 8.73. The Hall–Kier alpha value is -2.06. The van der Waals surface area contributed by atoms with E-state index < -0.39 is 12.1 Å². The number of carbonyl (C=O) groups excluding carboxylic acids is 2. The summed E-state index contributed by atoms with van der Waals surface area (Å²) in [5.74, 6) is -0.854. The van der Waals surface area contributed by atoms with E-state index in [2.05, 4.69) is 20.5 Å². The SMILES string of the molecule is CCN(c1scc(C(=O)NCC2C(=O)N=C(C)C=C2C)c1C)C1CCNCC1F. The number of hydrogen-bond acceptors (Lipinski definition) is 5. The molecule has 1 fully saturated rings. The van der Waals surface area contributed by atoms with Gasteiger partial charge in [-0.1, -0.05) is 5.57 Å². The summed E-state index contributed by atoms with van der Waals surface area (Å²) in [6, 6.07) is -0.178. The zero-order chi connectivity index (χ0) is 21.1. The molecule has 0 radical (unpaired) electrons. The molecule has 0 aliphatic carbocycles. The first kappa shape index (κ1) is 21.6. The molecular weight excluding hydrogens is 391 g/mol. The van der Waals surface area contributed by atoms with Crippen LogP contribution >= 0.6 is 11.3 Å². The second-order valence-electron chi connectivity index (χ2n) is 7.68. The summed E-state index contributed by atoms with van der Waals surface area (Å²) < 4.78 is 14.5. The van der Waals surface area contributed by atoms with Gasteiger partial charge in [-0.3, -0.25) is 9.59 Å². The lowest BCUT2D eigenvalue weighted by Crippen LogP contribution is -2.51. The van der Waals surface area contributed by atoms with Gasteiger partial charge in [-0.25, -0.2) is 9.38 Å². The van der Waals surface area contributed by atoms with Crippen molar-refractivity contribution in [3.63, 3.8) is 0 Å². The molecule has 1 aromatic rings. The Morgan fingerprint density at radius 1 is 1.41 bits per heavy atom. The van der Waals surface area contributed by atoms with Crippen molar-refractivity contribution < 1.29 is 14.0 Å². The van der Waals surface area contributed by atoms with Gasteiger partial charge in [-0.05, 0) is 52.3 Å². The Bertz CT molecular complexity index is 848. The standard InChI is InChI=1S/C21H29FN4O2S/c1-5-26(18-6-7-23-10-17(18)22)21-14(4)16(11-29-21)19(27)24-9-15-12(2)8-13(3)25-20(15)28/h8,11,15,17-18,23H,5-7,9-10H2,1-4H3,(H,24,27). The van der Waals surface area contributed by atoms with Crippen molar-refractivity contribution in [2.75, 3.05) is 31.1 Å². The molecule has 2 aliphatic rings. The van der Waals surface area contributed by atoms with Gasteiger partial charge in [0.1, 0.15) is 6.17 Å². The molecule has 2 N–H and O–H groups in total. The predicted molar refractivity (Wildman–Crippen MR) is 116 cm³/mol. The van der Waals surface area contributed by atoms with E-state index in [1.54, 1.807) is 6.92 Å². The maximum Gasteiger partial charge on any atom is 0.254 e. The molecule has 3 heterocycles. The average molecular weight is 421 g/mol. The number of aliphatic imine (C=N–C) groups is 1. The van der Waals surface area contributed by atoms with E-state index in [1.807, 2.05) is 32.2 Å². The fourth-order valence-electron chi connectivity index (χ4n) is 4.05. The number of carbonyl (C=O) groups is 2. The maximum atomic E-state index is 14.5. The minimum absolute atomic E-state index is 0.178. The number of amides is 2. The molecule has 3 unspecified atom stereocenters. The van der Waals surface area contributed by atoms with E-state index in [0.717, 1.165) is 29.1 Å². The highest BCUT2D eigenvalue weighted by Crippen LogP contribution is 2.34. The van der Waals surface area contributed by atoms with Gasteiger partial charge in [-0.2, -0.15) is 0 Å². The lowest BCUT2D eigenvalue weighted by Gasteiger charge is -2.37. The van der Waals surface area contributed by atoms with Crippen LogP contribution in [0.15, 0.2) is 22.0 Å². The van der Waals surface area contributed by atoms with Crippen LogP contribution in [0.3, 0.4) is 0 Å². The Balaban J connectivity index is 1.70. The van der Waals surface area contributed by atoms with E-state index in [9.17, 15) is 14.0 Å². The Morgan fingerprint density at radius 2 is 2.17 bits per heavy atom. The molecule has 158 valence electrons. The normalized spacial score (nSPS) is 24.7. The third kappa shape index (κ3) is 4.59.